The van der Waals surface area contributed by atoms with E-state index in [1.807, 2.05) is 49.9 Å². The minimum absolute atomic E-state index is 0.0807. The first-order valence-corrected chi connectivity index (χ1v) is 12.9. The highest BCUT2D eigenvalue weighted by Crippen LogP contribution is 2.37. The maximum absolute atomic E-state index is 12.5. The highest BCUT2D eigenvalue weighted by atomic mass is 16.1. The van der Waals surface area contributed by atoms with Crippen LogP contribution in [0, 0.1) is 11.8 Å². The van der Waals surface area contributed by atoms with E-state index in [-0.39, 0.29) is 5.43 Å². The summed E-state index contributed by atoms with van der Waals surface area (Å²) in [6.07, 6.45) is 16.4. The van der Waals surface area contributed by atoms with Gasteiger partial charge in [0.15, 0.2) is 5.82 Å². The average molecular weight is 482 g/mol. The van der Waals surface area contributed by atoms with E-state index < -0.39 is 0 Å². The molecule has 0 amide bonds. The third kappa shape index (κ3) is 4.67. The van der Waals surface area contributed by atoms with Gasteiger partial charge in [0.1, 0.15) is 11.4 Å². The van der Waals surface area contributed by atoms with Gasteiger partial charge in [0, 0.05) is 44.4 Å². The third-order valence-electron chi connectivity index (χ3n) is 7.69. The molecule has 8 heteroatoms. The van der Waals surface area contributed by atoms with Gasteiger partial charge in [-0.25, -0.2) is 14.6 Å². The highest BCUT2D eigenvalue weighted by Gasteiger charge is 2.31. The van der Waals surface area contributed by atoms with Crippen molar-refractivity contribution in [2.45, 2.75) is 38.5 Å². The van der Waals surface area contributed by atoms with Crippen molar-refractivity contribution in [2.75, 3.05) is 18.0 Å². The molecule has 0 radical (unpaired) electrons. The standard InChI is InChI=1S/C28H31N7O/c1-33-19-25(17-31-33)35-12-10-27(36)26(32-35)14-20-5-4-8-22(13-20)28-29-15-24(16-30-28)34-11-9-21-6-2-3-7-23(21)18-34/h4-5,8,10,12-13,15-17,19,21,23H,2-3,6-7,9,11,14,18H2,1H3. The van der Waals surface area contributed by atoms with Crippen LogP contribution in [0.25, 0.3) is 17.1 Å². The Kier molecular flexibility index (Phi) is 6.09. The van der Waals surface area contributed by atoms with Crippen molar-refractivity contribution in [1.29, 1.82) is 0 Å². The number of rotatable bonds is 5. The van der Waals surface area contributed by atoms with Gasteiger partial charge in [-0.2, -0.15) is 10.2 Å². The topological polar surface area (TPSA) is 81.7 Å². The van der Waals surface area contributed by atoms with Crippen LogP contribution in [0.4, 0.5) is 5.69 Å². The van der Waals surface area contributed by atoms with Gasteiger partial charge in [-0.3, -0.25) is 9.48 Å². The summed E-state index contributed by atoms with van der Waals surface area (Å²) >= 11 is 0. The molecule has 1 aromatic carbocycles. The maximum Gasteiger partial charge on any atom is 0.203 e. The molecule has 1 aliphatic heterocycles. The second kappa shape index (κ2) is 9.68. The number of aromatic nitrogens is 6. The number of hydrogen-bond donors (Lipinski definition) is 0. The Hall–Kier alpha value is -3.81. The summed E-state index contributed by atoms with van der Waals surface area (Å²) in [5.74, 6) is 2.42. The van der Waals surface area contributed by atoms with E-state index in [0.29, 0.717) is 17.9 Å². The number of aryl methyl sites for hydroxylation is 1. The van der Waals surface area contributed by atoms with E-state index in [9.17, 15) is 4.79 Å². The molecule has 6 rings (SSSR count). The fraction of sp³-hybridized carbons (Fsp3) is 0.393. The van der Waals surface area contributed by atoms with Crippen molar-refractivity contribution in [3.63, 3.8) is 0 Å². The molecular formula is C28H31N7O. The molecule has 2 unspecified atom stereocenters. The minimum Gasteiger partial charge on any atom is -0.369 e. The Balaban J connectivity index is 1.18. The molecular weight excluding hydrogens is 450 g/mol. The molecule has 0 bridgehead atoms. The van der Waals surface area contributed by atoms with Crippen LogP contribution in [0.3, 0.4) is 0 Å². The van der Waals surface area contributed by atoms with E-state index in [4.69, 9.17) is 9.97 Å². The summed E-state index contributed by atoms with van der Waals surface area (Å²) in [5.41, 5.74) is 4.27. The Labute approximate surface area is 210 Å². The van der Waals surface area contributed by atoms with Gasteiger partial charge in [0.25, 0.3) is 0 Å². The molecule has 4 aromatic rings. The fourth-order valence-corrected chi connectivity index (χ4v) is 5.72. The van der Waals surface area contributed by atoms with Crippen molar-refractivity contribution in [1.82, 2.24) is 29.5 Å². The summed E-state index contributed by atoms with van der Waals surface area (Å²) < 4.78 is 3.40. The van der Waals surface area contributed by atoms with Crippen molar-refractivity contribution >= 4 is 5.69 Å². The van der Waals surface area contributed by atoms with Crippen LogP contribution in [0.5, 0.6) is 0 Å². The molecule has 3 aromatic heterocycles. The molecule has 0 spiro atoms. The van der Waals surface area contributed by atoms with Crippen LogP contribution < -0.4 is 10.3 Å². The Bertz CT molecular complexity index is 1410. The van der Waals surface area contributed by atoms with E-state index in [1.54, 1.807) is 27.8 Å². The zero-order valence-electron chi connectivity index (χ0n) is 20.6. The van der Waals surface area contributed by atoms with Crippen molar-refractivity contribution in [3.8, 4) is 17.1 Å². The van der Waals surface area contributed by atoms with Crippen LogP contribution >= 0.6 is 0 Å². The molecule has 184 valence electrons. The van der Waals surface area contributed by atoms with Crippen molar-refractivity contribution < 1.29 is 0 Å². The minimum atomic E-state index is -0.0807. The molecule has 4 heterocycles. The van der Waals surface area contributed by atoms with Gasteiger partial charge in [0.2, 0.25) is 5.43 Å². The van der Waals surface area contributed by atoms with Gasteiger partial charge >= 0.3 is 0 Å². The molecule has 0 N–H and O–H groups in total. The van der Waals surface area contributed by atoms with Crippen LogP contribution in [-0.4, -0.2) is 42.6 Å². The Morgan fingerprint density at radius 2 is 1.81 bits per heavy atom. The number of anilines is 1. The molecule has 2 fully saturated rings. The van der Waals surface area contributed by atoms with Crippen LogP contribution in [0.1, 0.15) is 43.4 Å². The van der Waals surface area contributed by atoms with E-state index >= 15 is 0 Å². The Morgan fingerprint density at radius 1 is 0.972 bits per heavy atom. The lowest BCUT2D eigenvalue weighted by atomic mass is 9.75. The van der Waals surface area contributed by atoms with E-state index in [0.717, 1.165) is 47.4 Å². The first-order chi connectivity index (χ1) is 17.6. The predicted molar refractivity (Wildman–Crippen MR) is 139 cm³/mol. The van der Waals surface area contributed by atoms with Gasteiger partial charge in [-0.15, -0.1) is 0 Å². The number of nitrogens with zero attached hydrogens (tertiary/aromatic N) is 7. The number of piperidine rings is 1. The van der Waals surface area contributed by atoms with E-state index in [1.165, 1.54) is 32.1 Å². The summed E-state index contributed by atoms with van der Waals surface area (Å²) in [7, 11) is 1.85. The monoisotopic (exact) mass is 481 g/mol. The fourth-order valence-electron chi connectivity index (χ4n) is 5.72. The zero-order chi connectivity index (χ0) is 24.5. The van der Waals surface area contributed by atoms with Crippen molar-refractivity contribution in [3.05, 3.63) is 82.8 Å². The summed E-state index contributed by atoms with van der Waals surface area (Å²) in [4.78, 5) is 24.4. The van der Waals surface area contributed by atoms with Crippen LogP contribution in [-0.2, 0) is 13.5 Å². The van der Waals surface area contributed by atoms with E-state index in [2.05, 4.69) is 15.1 Å². The number of hydrogen-bond acceptors (Lipinski definition) is 6. The van der Waals surface area contributed by atoms with Gasteiger partial charge in [-0.05, 0) is 36.3 Å². The molecule has 1 saturated carbocycles. The third-order valence-corrected chi connectivity index (χ3v) is 7.69. The molecule has 1 saturated heterocycles. The predicted octanol–water partition coefficient (Wildman–Crippen LogP) is 4.03. The summed E-state index contributed by atoms with van der Waals surface area (Å²) in [5, 5.41) is 8.75. The molecule has 1 aliphatic carbocycles. The lowest BCUT2D eigenvalue weighted by Gasteiger charge is -2.42. The molecule has 2 aliphatic rings. The molecule has 2 atom stereocenters. The normalized spacial score (nSPS) is 19.8. The SMILES string of the molecule is Cn1cc(-n2ccc(=O)c(Cc3cccc(-c4ncc(N5CCC6CCCCC6C5)cn4)c3)n2)cn1. The second-order valence-corrected chi connectivity index (χ2v) is 10.1. The van der Waals surface area contributed by atoms with Gasteiger partial charge < -0.3 is 4.90 Å². The smallest absolute Gasteiger partial charge is 0.203 e. The zero-order valence-corrected chi connectivity index (χ0v) is 20.6. The van der Waals surface area contributed by atoms with Crippen molar-refractivity contribution in [2.24, 2.45) is 18.9 Å². The largest absolute Gasteiger partial charge is 0.369 e. The quantitative estimate of drug-likeness (QED) is 0.428. The summed E-state index contributed by atoms with van der Waals surface area (Å²) in [6, 6.07) is 9.60. The first-order valence-electron chi connectivity index (χ1n) is 12.9. The average Bonchev–Trinajstić information content (AvgIpc) is 3.36. The molecule has 36 heavy (non-hydrogen) atoms. The lowest BCUT2D eigenvalue weighted by Crippen LogP contribution is -2.41. The summed E-state index contributed by atoms with van der Waals surface area (Å²) in [6.45, 7) is 2.23. The van der Waals surface area contributed by atoms with Gasteiger partial charge in [0.05, 0.1) is 30.5 Å². The molecule has 8 nitrogen and oxygen atoms in total. The second-order valence-electron chi connectivity index (χ2n) is 10.1. The number of benzene rings is 1. The van der Waals surface area contributed by atoms with Crippen LogP contribution in [0.15, 0.2) is 66.1 Å². The number of fused-ring (bicyclic) bond motifs is 1. The lowest BCUT2D eigenvalue weighted by molar-refractivity contribution is 0.202. The Morgan fingerprint density at radius 3 is 2.61 bits per heavy atom. The van der Waals surface area contributed by atoms with Gasteiger partial charge in [-0.1, -0.05) is 37.5 Å². The highest BCUT2D eigenvalue weighted by molar-refractivity contribution is 5.58. The first kappa shape index (κ1) is 22.6. The van der Waals surface area contributed by atoms with Crippen LogP contribution in [0.2, 0.25) is 0 Å². The maximum atomic E-state index is 12.5.